The Morgan fingerprint density at radius 2 is 1.81 bits per heavy atom. The van der Waals surface area contributed by atoms with Crippen LogP contribution in [0, 0.1) is 0 Å². The van der Waals surface area contributed by atoms with Crippen LogP contribution in [0.3, 0.4) is 0 Å². The van der Waals surface area contributed by atoms with Gasteiger partial charge in [0.2, 0.25) is 0 Å². The second-order valence-corrected chi connectivity index (χ2v) is 5.64. The number of hydrogen-bond donors (Lipinski definition) is 2. The molecule has 0 saturated carbocycles. The highest BCUT2D eigenvalue weighted by atomic mass is 15.2. The maximum absolute atomic E-state index is 5.84. The number of nitrogens with one attached hydrogen (secondary N) is 1. The molecule has 1 aromatic carbocycles. The van der Waals surface area contributed by atoms with Crippen molar-refractivity contribution < 1.29 is 0 Å². The molecule has 4 heteroatoms. The van der Waals surface area contributed by atoms with Gasteiger partial charge in [-0.2, -0.15) is 0 Å². The van der Waals surface area contributed by atoms with Crippen LogP contribution in [0.5, 0.6) is 0 Å². The SMILES string of the molecule is NNC(/C1=C/CCCCCC1)c1ccc2nccnc2c1. The molecule has 1 atom stereocenters. The third-order valence-corrected chi connectivity index (χ3v) is 4.19. The predicted molar refractivity (Wildman–Crippen MR) is 85.4 cm³/mol. The smallest absolute Gasteiger partial charge is 0.0890 e. The normalized spacial score (nSPS) is 20.3. The van der Waals surface area contributed by atoms with Crippen LogP contribution in [0.25, 0.3) is 11.0 Å². The van der Waals surface area contributed by atoms with E-state index in [0.29, 0.717) is 0 Å². The van der Waals surface area contributed by atoms with E-state index in [0.717, 1.165) is 29.4 Å². The Balaban J connectivity index is 1.92. The van der Waals surface area contributed by atoms with Crippen molar-refractivity contribution in [2.75, 3.05) is 0 Å². The second kappa shape index (κ2) is 6.78. The maximum Gasteiger partial charge on any atom is 0.0890 e. The Hall–Kier alpha value is -1.78. The summed E-state index contributed by atoms with van der Waals surface area (Å²) in [5.41, 5.74) is 7.39. The molecule has 1 aromatic heterocycles. The van der Waals surface area contributed by atoms with Gasteiger partial charge >= 0.3 is 0 Å². The van der Waals surface area contributed by atoms with Gasteiger partial charge in [-0.15, -0.1) is 0 Å². The quantitative estimate of drug-likeness (QED) is 0.514. The van der Waals surface area contributed by atoms with Crippen LogP contribution in [0.15, 0.2) is 42.2 Å². The van der Waals surface area contributed by atoms with Crippen molar-refractivity contribution >= 4 is 11.0 Å². The van der Waals surface area contributed by atoms with E-state index in [4.69, 9.17) is 5.84 Å². The molecule has 21 heavy (non-hydrogen) atoms. The second-order valence-electron chi connectivity index (χ2n) is 5.64. The molecule has 0 amide bonds. The zero-order valence-corrected chi connectivity index (χ0v) is 12.3. The van der Waals surface area contributed by atoms with E-state index in [2.05, 4.69) is 33.6 Å². The van der Waals surface area contributed by atoms with E-state index < -0.39 is 0 Å². The average molecular weight is 282 g/mol. The third kappa shape index (κ3) is 3.28. The standard InChI is InChI=1S/C17H22N4/c18-21-17(13-6-4-2-1-3-5-7-13)14-8-9-15-16(12-14)20-11-10-19-15/h6,8-12,17,21H,1-5,7,18H2/b13-6+. The van der Waals surface area contributed by atoms with Gasteiger partial charge in [0.1, 0.15) is 0 Å². The van der Waals surface area contributed by atoms with Gasteiger partial charge in [-0.25, -0.2) is 5.43 Å². The summed E-state index contributed by atoms with van der Waals surface area (Å²) in [6.07, 6.45) is 13.3. The van der Waals surface area contributed by atoms with Gasteiger partial charge in [0.05, 0.1) is 17.1 Å². The number of hydrogen-bond acceptors (Lipinski definition) is 4. The number of aromatic nitrogens is 2. The summed E-state index contributed by atoms with van der Waals surface area (Å²) in [7, 11) is 0. The van der Waals surface area contributed by atoms with Gasteiger partial charge in [0, 0.05) is 12.4 Å². The van der Waals surface area contributed by atoms with E-state index in [1.54, 1.807) is 12.4 Å². The van der Waals surface area contributed by atoms with Crippen molar-refractivity contribution in [3.63, 3.8) is 0 Å². The Bertz CT molecular complexity index is 635. The van der Waals surface area contributed by atoms with Crippen LogP contribution in [0.4, 0.5) is 0 Å². The predicted octanol–water partition coefficient (Wildman–Crippen LogP) is 3.41. The molecule has 0 radical (unpaired) electrons. The van der Waals surface area contributed by atoms with Gasteiger partial charge in [-0.3, -0.25) is 15.8 Å². The van der Waals surface area contributed by atoms with E-state index in [-0.39, 0.29) is 6.04 Å². The Kier molecular flexibility index (Phi) is 4.58. The molecule has 0 fully saturated rings. The molecular weight excluding hydrogens is 260 g/mol. The summed E-state index contributed by atoms with van der Waals surface area (Å²) in [5, 5.41) is 0. The van der Waals surface area contributed by atoms with Gasteiger partial charge in [0.15, 0.2) is 0 Å². The molecule has 1 unspecified atom stereocenters. The summed E-state index contributed by atoms with van der Waals surface area (Å²) in [6, 6.07) is 6.29. The first kappa shape index (κ1) is 14.2. The lowest BCUT2D eigenvalue weighted by Gasteiger charge is -2.22. The van der Waals surface area contributed by atoms with Gasteiger partial charge in [-0.05, 0) is 43.4 Å². The van der Waals surface area contributed by atoms with Crippen molar-refractivity contribution in [3.05, 3.63) is 47.8 Å². The highest BCUT2D eigenvalue weighted by Gasteiger charge is 2.16. The fourth-order valence-electron chi connectivity index (χ4n) is 3.06. The number of rotatable bonds is 3. The van der Waals surface area contributed by atoms with Crippen molar-refractivity contribution in [1.82, 2.24) is 15.4 Å². The zero-order valence-electron chi connectivity index (χ0n) is 12.3. The first-order valence-corrected chi connectivity index (χ1v) is 7.74. The first-order chi connectivity index (χ1) is 10.4. The van der Waals surface area contributed by atoms with Crippen LogP contribution >= 0.6 is 0 Å². The molecule has 4 nitrogen and oxygen atoms in total. The van der Waals surface area contributed by atoms with Crippen molar-refractivity contribution in [2.24, 2.45) is 5.84 Å². The molecule has 1 aliphatic rings. The molecule has 2 aromatic rings. The molecule has 0 aliphatic heterocycles. The summed E-state index contributed by atoms with van der Waals surface area (Å²) < 4.78 is 0. The number of benzene rings is 1. The monoisotopic (exact) mass is 282 g/mol. The molecule has 3 N–H and O–H groups in total. The van der Waals surface area contributed by atoms with Crippen LogP contribution < -0.4 is 11.3 Å². The highest BCUT2D eigenvalue weighted by Crippen LogP contribution is 2.29. The maximum atomic E-state index is 5.84. The lowest BCUT2D eigenvalue weighted by atomic mass is 9.91. The van der Waals surface area contributed by atoms with Crippen LogP contribution in [-0.4, -0.2) is 9.97 Å². The van der Waals surface area contributed by atoms with Crippen LogP contribution in [0.2, 0.25) is 0 Å². The van der Waals surface area contributed by atoms with Crippen molar-refractivity contribution in [2.45, 2.75) is 44.6 Å². The van der Waals surface area contributed by atoms with Crippen LogP contribution in [-0.2, 0) is 0 Å². The van der Waals surface area contributed by atoms with E-state index >= 15 is 0 Å². The number of hydrazine groups is 1. The lowest BCUT2D eigenvalue weighted by Crippen LogP contribution is -2.29. The molecule has 0 spiro atoms. The number of allylic oxidation sites excluding steroid dienone is 1. The Labute approximate surface area is 125 Å². The Morgan fingerprint density at radius 3 is 2.67 bits per heavy atom. The van der Waals surface area contributed by atoms with Gasteiger partial charge < -0.3 is 0 Å². The average Bonchev–Trinajstić information content (AvgIpc) is 2.49. The van der Waals surface area contributed by atoms with Crippen molar-refractivity contribution in [3.8, 4) is 0 Å². The molecule has 110 valence electrons. The van der Waals surface area contributed by atoms with Crippen LogP contribution in [0.1, 0.15) is 50.1 Å². The molecular formula is C17H22N4. The largest absolute Gasteiger partial charge is 0.271 e. The lowest BCUT2D eigenvalue weighted by molar-refractivity contribution is 0.555. The minimum absolute atomic E-state index is 0.0782. The number of nitrogens with two attached hydrogens (primary N) is 1. The fraction of sp³-hybridized carbons (Fsp3) is 0.412. The summed E-state index contributed by atoms with van der Waals surface area (Å²) in [4.78, 5) is 8.71. The third-order valence-electron chi connectivity index (χ3n) is 4.19. The molecule has 1 aliphatic carbocycles. The first-order valence-electron chi connectivity index (χ1n) is 7.74. The molecule has 0 saturated heterocycles. The number of nitrogens with zero attached hydrogens (tertiary/aromatic N) is 2. The van der Waals surface area contributed by atoms with Crippen molar-refractivity contribution in [1.29, 1.82) is 0 Å². The van der Waals surface area contributed by atoms with Gasteiger partial charge in [-0.1, -0.05) is 30.6 Å². The zero-order chi connectivity index (χ0) is 14.5. The van der Waals surface area contributed by atoms with E-state index in [9.17, 15) is 0 Å². The Morgan fingerprint density at radius 1 is 1.00 bits per heavy atom. The summed E-state index contributed by atoms with van der Waals surface area (Å²) in [5.74, 6) is 5.84. The summed E-state index contributed by atoms with van der Waals surface area (Å²) >= 11 is 0. The molecule has 1 heterocycles. The number of fused-ring (bicyclic) bond motifs is 1. The fourth-order valence-corrected chi connectivity index (χ4v) is 3.06. The minimum Gasteiger partial charge on any atom is -0.271 e. The van der Waals surface area contributed by atoms with E-state index in [1.807, 2.05) is 6.07 Å². The molecule has 3 rings (SSSR count). The van der Waals surface area contributed by atoms with E-state index in [1.165, 1.54) is 31.3 Å². The highest BCUT2D eigenvalue weighted by molar-refractivity contribution is 5.74. The minimum atomic E-state index is 0.0782. The molecule has 0 bridgehead atoms. The topological polar surface area (TPSA) is 63.8 Å². The van der Waals surface area contributed by atoms with Gasteiger partial charge in [0.25, 0.3) is 0 Å². The summed E-state index contributed by atoms with van der Waals surface area (Å²) in [6.45, 7) is 0.